The van der Waals surface area contributed by atoms with Crippen LogP contribution >= 0.6 is 0 Å². The Morgan fingerprint density at radius 1 is 1.23 bits per heavy atom. The van der Waals surface area contributed by atoms with Gasteiger partial charge in [-0.2, -0.15) is 13.2 Å². The molecule has 0 radical (unpaired) electrons. The Morgan fingerprint density at radius 2 is 1.85 bits per heavy atom. The lowest BCUT2D eigenvalue weighted by atomic mass is 10.1. The van der Waals surface area contributed by atoms with Crippen molar-refractivity contribution in [2.75, 3.05) is 19.6 Å². The Balaban J connectivity index is 2.38. The van der Waals surface area contributed by atoms with Gasteiger partial charge < -0.3 is 10.2 Å². The fourth-order valence-corrected chi connectivity index (χ4v) is 1.38. The van der Waals surface area contributed by atoms with Gasteiger partial charge in [0.15, 0.2) is 0 Å². The molecule has 2 unspecified atom stereocenters. The first-order valence-corrected chi connectivity index (χ1v) is 4.04. The van der Waals surface area contributed by atoms with Crippen molar-refractivity contribution in [2.45, 2.75) is 24.8 Å². The third-order valence-corrected chi connectivity index (χ3v) is 2.03. The summed E-state index contributed by atoms with van der Waals surface area (Å²) in [7, 11) is 0. The Labute approximate surface area is 73.8 Å². The average Bonchev–Trinajstić information content (AvgIpc) is 1.94. The van der Waals surface area contributed by atoms with E-state index in [-0.39, 0.29) is 19.5 Å². The first-order valence-electron chi connectivity index (χ1n) is 4.04. The smallest absolute Gasteiger partial charge is 0.390 e. The highest BCUT2D eigenvalue weighted by molar-refractivity contribution is 4.80. The highest BCUT2D eigenvalue weighted by Crippen LogP contribution is 2.19. The third kappa shape index (κ3) is 3.50. The minimum absolute atomic E-state index is 0.110. The van der Waals surface area contributed by atoms with Crippen LogP contribution in [0.25, 0.3) is 0 Å². The van der Waals surface area contributed by atoms with Gasteiger partial charge in [-0.25, -0.2) is 0 Å². The first kappa shape index (κ1) is 10.7. The summed E-state index contributed by atoms with van der Waals surface area (Å²) in [6.45, 7) is -0.949. The topological polar surface area (TPSA) is 43.7 Å². The van der Waals surface area contributed by atoms with E-state index in [0.717, 1.165) is 4.90 Å². The number of halogens is 3. The van der Waals surface area contributed by atoms with Crippen LogP contribution in [0.3, 0.4) is 0 Å². The lowest BCUT2D eigenvalue weighted by Crippen LogP contribution is -2.49. The highest BCUT2D eigenvalue weighted by Gasteiger charge is 2.34. The van der Waals surface area contributed by atoms with E-state index in [0.29, 0.717) is 0 Å². The maximum absolute atomic E-state index is 11.9. The molecule has 1 aliphatic rings. The van der Waals surface area contributed by atoms with Crippen molar-refractivity contribution >= 4 is 0 Å². The number of aliphatic hydroxyl groups is 2. The molecule has 1 rings (SSSR count). The molecule has 0 saturated carbocycles. The molecule has 0 amide bonds. The molecule has 1 saturated heterocycles. The molecule has 78 valence electrons. The van der Waals surface area contributed by atoms with E-state index in [4.69, 9.17) is 10.2 Å². The van der Waals surface area contributed by atoms with Gasteiger partial charge in [0.05, 0.1) is 18.8 Å². The summed E-state index contributed by atoms with van der Waals surface area (Å²) in [6, 6.07) is 0. The molecule has 3 nitrogen and oxygen atoms in total. The number of piperidine rings is 1. The molecular weight excluding hydrogens is 187 g/mol. The predicted octanol–water partition coefficient (Wildman–Crippen LogP) is -0.0238. The summed E-state index contributed by atoms with van der Waals surface area (Å²) in [6.07, 6.45) is -5.99. The van der Waals surface area contributed by atoms with Crippen molar-refractivity contribution in [1.82, 2.24) is 4.90 Å². The second-order valence-corrected chi connectivity index (χ2v) is 3.27. The van der Waals surface area contributed by atoms with Gasteiger partial charge in [-0.1, -0.05) is 0 Å². The number of β-amino-alcohol motifs (C(OH)–C–C–N with tert-alkyl or cyclic N) is 1. The molecule has 0 aromatic carbocycles. The third-order valence-electron chi connectivity index (χ3n) is 2.03. The van der Waals surface area contributed by atoms with Crippen LogP contribution in [0.2, 0.25) is 0 Å². The van der Waals surface area contributed by atoms with Gasteiger partial charge in [-0.3, -0.25) is 4.90 Å². The minimum Gasteiger partial charge on any atom is -0.390 e. The summed E-state index contributed by atoms with van der Waals surface area (Å²) in [4.78, 5) is 1.09. The Hall–Kier alpha value is -0.330. The van der Waals surface area contributed by atoms with Gasteiger partial charge in [0.2, 0.25) is 0 Å². The molecule has 0 aromatic heterocycles. The lowest BCUT2D eigenvalue weighted by molar-refractivity contribution is -0.157. The van der Waals surface area contributed by atoms with Gasteiger partial charge in [-0.05, 0) is 6.42 Å². The molecule has 1 heterocycles. The van der Waals surface area contributed by atoms with E-state index in [1.165, 1.54) is 0 Å². The van der Waals surface area contributed by atoms with Crippen LogP contribution in [0.5, 0.6) is 0 Å². The van der Waals surface area contributed by atoms with Crippen LogP contribution in [0.15, 0.2) is 0 Å². The molecule has 6 heteroatoms. The van der Waals surface area contributed by atoms with Gasteiger partial charge in [0.1, 0.15) is 0 Å². The summed E-state index contributed by atoms with van der Waals surface area (Å²) in [5.74, 6) is 0. The molecule has 13 heavy (non-hydrogen) atoms. The minimum atomic E-state index is -4.23. The number of aliphatic hydroxyl groups excluding tert-OH is 2. The molecule has 1 aliphatic heterocycles. The zero-order valence-corrected chi connectivity index (χ0v) is 6.96. The van der Waals surface area contributed by atoms with Crippen molar-refractivity contribution in [3.63, 3.8) is 0 Å². The van der Waals surface area contributed by atoms with Crippen molar-refractivity contribution in [1.29, 1.82) is 0 Å². The molecule has 1 fully saturated rings. The number of hydrogen-bond acceptors (Lipinski definition) is 3. The number of likely N-dealkylation sites (tertiary alicyclic amines) is 1. The van der Waals surface area contributed by atoms with Crippen LogP contribution in [0.1, 0.15) is 6.42 Å². The Bertz CT molecular complexity index is 174. The van der Waals surface area contributed by atoms with Crippen molar-refractivity contribution in [2.24, 2.45) is 0 Å². The van der Waals surface area contributed by atoms with Crippen molar-refractivity contribution < 1.29 is 23.4 Å². The van der Waals surface area contributed by atoms with Crippen molar-refractivity contribution in [3.8, 4) is 0 Å². The van der Waals surface area contributed by atoms with Gasteiger partial charge >= 0.3 is 6.18 Å². The highest BCUT2D eigenvalue weighted by atomic mass is 19.4. The van der Waals surface area contributed by atoms with Crippen LogP contribution < -0.4 is 0 Å². The van der Waals surface area contributed by atoms with Crippen LogP contribution in [-0.2, 0) is 0 Å². The molecule has 0 spiro atoms. The van der Waals surface area contributed by atoms with Gasteiger partial charge in [0.25, 0.3) is 0 Å². The molecule has 0 bridgehead atoms. The van der Waals surface area contributed by atoms with Gasteiger partial charge in [-0.15, -0.1) is 0 Å². The summed E-state index contributed by atoms with van der Waals surface area (Å²) in [5, 5.41) is 18.1. The summed E-state index contributed by atoms with van der Waals surface area (Å²) in [5.41, 5.74) is 0. The van der Waals surface area contributed by atoms with E-state index in [1.807, 2.05) is 0 Å². The zero-order chi connectivity index (χ0) is 10.1. The Kier molecular flexibility index (Phi) is 3.15. The monoisotopic (exact) mass is 199 g/mol. The second kappa shape index (κ2) is 3.81. The largest absolute Gasteiger partial charge is 0.401 e. The van der Waals surface area contributed by atoms with Crippen LogP contribution in [0.4, 0.5) is 13.2 Å². The SMILES string of the molecule is OC1CCN(CC(F)(F)F)CC1O. The van der Waals surface area contributed by atoms with Crippen molar-refractivity contribution in [3.05, 3.63) is 0 Å². The molecule has 0 aliphatic carbocycles. The Morgan fingerprint density at radius 3 is 2.31 bits per heavy atom. The van der Waals surface area contributed by atoms with E-state index >= 15 is 0 Å². The molecule has 2 atom stereocenters. The van der Waals surface area contributed by atoms with E-state index < -0.39 is 24.9 Å². The average molecular weight is 199 g/mol. The summed E-state index contributed by atoms with van der Waals surface area (Å²) < 4.78 is 35.6. The molecule has 0 aromatic rings. The number of hydrogen-bond donors (Lipinski definition) is 2. The number of alkyl halides is 3. The van der Waals surface area contributed by atoms with E-state index in [2.05, 4.69) is 0 Å². The first-order chi connectivity index (χ1) is 5.88. The lowest BCUT2D eigenvalue weighted by Gasteiger charge is -2.33. The maximum atomic E-state index is 11.9. The second-order valence-electron chi connectivity index (χ2n) is 3.27. The normalized spacial score (nSPS) is 32.1. The predicted molar refractivity (Wildman–Crippen MR) is 39.1 cm³/mol. The molecular formula is C7H12F3NO2. The molecule has 2 N–H and O–H groups in total. The van der Waals surface area contributed by atoms with E-state index in [9.17, 15) is 13.2 Å². The fraction of sp³-hybridized carbons (Fsp3) is 1.00. The standard InChI is InChI=1S/C7H12F3NO2/c8-7(9,10)4-11-2-1-5(12)6(13)3-11/h5-6,12-13H,1-4H2. The number of rotatable bonds is 1. The van der Waals surface area contributed by atoms with E-state index in [1.54, 1.807) is 0 Å². The number of nitrogens with zero attached hydrogens (tertiary/aromatic N) is 1. The summed E-state index contributed by atoms with van der Waals surface area (Å²) >= 11 is 0. The maximum Gasteiger partial charge on any atom is 0.401 e. The zero-order valence-electron chi connectivity index (χ0n) is 6.96. The fourth-order valence-electron chi connectivity index (χ4n) is 1.38. The van der Waals surface area contributed by atoms with Crippen LogP contribution in [0, 0.1) is 0 Å². The van der Waals surface area contributed by atoms with Crippen LogP contribution in [-0.4, -0.2) is 53.1 Å². The van der Waals surface area contributed by atoms with Gasteiger partial charge in [0, 0.05) is 13.1 Å². The quantitative estimate of drug-likeness (QED) is 0.623.